The van der Waals surface area contributed by atoms with E-state index in [0.29, 0.717) is 6.54 Å². The van der Waals surface area contributed by atoms with Crippen molar-refractivity contribution in [2.24, 2.45) is 17.8 Å². The summed E-state index contributed by atoms with van der Waals surface area (Å²) < 4.78 is 0.175. The third kappa shape index (κ3) is 16.7. The largest absolute Gasteiger partial charge is 0.550 e. The highest BCUT2D eigenvalue weighted by Crippen LogP contribution is 2.22. The molecule has 0 bridgehead atoms. The Morgan fingerprint density at radius 3 is 1.47 bits per heavy atom. The third-order valence-corrected chi connectivity index (χ3v) is 7.12. The van der Waals surface area contributed by atoms with Gasteiger partial charge in [-0.15, -0.1) is 0 Å². The molecule has 3 atom stereocenters. The van der Waals surface area contributed by atoms with Crippen LogP contribution in [0.3, 0.4) is 0 Å². The van der Waals surface area contributed by atoms with Crippen LogP contribution in [-0.4, -0.2) is 58.8 Å². The van der Waals surface area contributed by atoms with Crippen molar-refractivity contribution < 1.29 is 34.2 Å². The summed E-state index contributed by atoms with van der Waals surface area (Å²) in [5.74, 6) is -5.27. The molecular weight excluding hydrogens is 458 g/mol. The van der Waals surface area contributed by atoms with E-state index in [1.165, 1.54) is 44.9 Å². The van der Waals surface area contributed by atoms with Crippen molar-refractivity contribution in [2.75, 3.05) is 26.2 Å². The third-order valence-electron chi connectivity index (χ3n) is 7.12. The number of rotatable bonds is 24. The van der Waals surface area contributed by atoms with Crippen LogP contribution in [0.2, 0.25) is 0 Å². The molecule has 0 fully saturated rings. The zero-order valence-electron chi connectivity index (χ0n) is 23.4. The minimum atomic E-state index is -1.19. The van der Waals surface area contributed by atoms with E-state index in [1.54, 1.807) is 20.8 Å². The van der Waals surface area contributed by atoms with E-state index in [2.05, 4.69) is 19.1 Å². The Morgan fingerprint density at radius 1 is 0.667 bits per heavy atom. The van der Waals surface area contributed by atoms with Gasteiger partial charge in [-0.05, 0) is 52.4 Å². The second-order valence-corrected chi connectivity index (χ2v) is 10.9. The Balaban J connectivity index is 4.64. The van der Waals surface area contributed by atoms with Gasteiger partial charge in [-0.25, -0.2) is 0 Å². The fourth-order valence-electron chi connectivity index (χ4n) is 4.99. The summed E-state index contributed by atoms with van der Waals surface area (Å²) in [6.45, 7) is 8.17. The van der Waals surface area contributed by atoms with E-state index in [4.69, 9.17) is 0 Å². The predicted molar refractivity (Wildman–Crippen MR) is 142 cm³/mol. The molecule has 0 aliphatic heterocycles. The van der Waals surface area contributed by atoms with Crippen molar-refractivity contribution >= 4 is 17.9 Å². The highest BCUT2D eigenvalue weighted by Gasteiger charge is 2.36. The van der Waals surface area contributed by atoms with Gasteiger partial charge in [-0.1, -0.05) is 70.9 Å². The number of hydrogen-bond donors (Lipinski definition) is 2. The standard InChI is InChI=1S/C29H53NO6/c1-5-6-7-8-9-10-11-12-13-14-15-16-17-18-19-20-30(21-24(2)27(31)32,22-25(3)28(33)34)23-26(4)29(35)36/h13-14,24-26H,5-12,15-23H2,1-4H3,(H2-,31,32,33,34,35,36)/b14-13+. The summed E-state index contributed by atoms with van der Waals surface area (Å²) in [6.07, 6.45) is 19.9. The van der Waals surface area contributed by atoms with Gasteiger partial charge < -0.3 is 24.6 Å². The van der Waals surface area contributed by atoms with Crippen LogP contribution < -0.4 is 5.11 Å². The smallest absolute Gasteiger partial charge is 0.311 e. The van der Waals surface area contributed by atoms with Crippen LogP contribution in [0.4, 0.5) is 0 Å². The quantitative estimate of drug-likeness (QED) is 0.104. The molecule has 0 rings (SSSR count). The maximum Gasteiger partial charge on any atom is 0.311 e. The SMILES string of the molecule is CCCCCCCCC/C=C/CCCCCC[N+](CC(C)C(=O)[O-])(CC(C)C(=O)O)CC(C)C(=O)O. The van der Waals surface area contributed by atoms with Gasteiger partial charge in [0.1, 0.15) is 11.8 Å². The van der Waals surface area contributed by atoms with Gasteiger partial charge in [-0.3, -0.25) is 9.59 Å². The number of allylic oxidation sites excluding steroid dienone is 2. The normalized spacial score (nSPS) is 15.9. The summed E-state index contributed by atoms with van der Waals surface area (Å²) in [4.78, 5) is 34.6. The Morgan fingerprint density at radius 2 is 1.06 bits per heavy atom. The predicted octanol–water partition coefficient (Wildman–Crippen LogP) is 5.28. The lowest BCUT2D eigenvalue weighted by atomic mass is 10.0. The van der Waals surface area contributed by atoms with E-state index in [-0.39, 0.29) is 24.1 Å². The van der Waals surface area contributed by atoms with Gasteiger partial charge in [0.2, 0.25) is 0 Å². The molecule has 0 amide bonds. The van der Waals surface area contributed by atoms with Crippen LogP contribution in [0.1, 0.15) is 111 Å². The van der Waals surface area contributed by atoms with E-state index >= 15 is 0 Å². The highest BCUT2D eigenvalue weighted by atomic mass is 16.4. The molecule has 0 spiro atoms. The first-order chi connectivity index (χ1) is 17.0. The Labute approximate surface area is 219 Å². The summed E-state index contributed by atoms with van der Waals surface area (Å²) in [5, 5.41) is 30.4. The van der Waals surface area contributed by atoms with Gasteiger partial charge in [0.05, 0.1) is 26.2 Å². The molecule has 36 heavy (non-hydrogen) atoms. The lowest BCUT2D eigenvalue weighted by Gasteiger charge is -2.43. The number of carbonyl (C=O) groups is 3. The maximum atomic E-state index is 11.6. The van der Waals surface area contributed by atoms with Crippen molar-refractivity contribution in [2.45, 2.75) is 111 Å². The first-order valence-corrected chi connectivity index (χ1v) is 14.2. The van der Waals surface area contributed by atoms with Gasteiger partial charge in [0.25, 0.3) is 0 Å². The summed E-state index contributed by atoms with van der Waals surface area (Å²) in [7, 11) is 0. The van der Waals surface area contributed by atoms with E-state index in [1.807, 2.05) is 0 Å². The molecule has 0 aromatic carbocycles. The molecule has 0 aliphatic rings. The molecule has 3 unspecified atom stereocenters. The molecule has 0 saturated heterocycles. The van der Waals surface area contributed by atoms with Crippen LogP contribution in [-0.2, 0) is 14.4 Å². The van der Waals surface area contributed by atoms with Gasteiger partial charge in [0.15, 0.2) is 0 Å². The topological polar surface area (TPSA) is 115 Å². The summed E-state index contributed by atoms with van der Waals surface area (Å²) >= 11 is 0. The van der Waals surface area contributed by atoms with Crippen molar-refractivity contribution in [3.63, 3.8) is 0 Å². The first-order valence-electron chi connectivity index (χ1n) is 14.2. The zero-order valence-corrected chi connectivity index (χ0v) is 23.4. The number of aliphatic carboxylic acids is 3. The van der Waals surface area contributed by atoms with Crippen molar-refractivity contribution in [3.8, 4) is 0 Å². The van der Waals surface area contributed by atoms with E-state index in [0.717, 1.165) is 38.5 Å². The second-order valence-electron chi connectivity index (χ2n) is 10.9. The number of carboxylic acid groups (broad SMARTS) is 3. The lowest BCUT2D eigenvalue weighted by molar-refractivity contribution is -0.934. The molecule has 7 nitrogen and oxygen atoms in total. The van der Waals surface area contributed by atoms with Crippen molar-refractivity contribution in [1.82, 2.24) is 0 Å². The number of quaternary nitrogens is 1. The molecule has 7 heteroatoms. The van der Waals surface area contributed by atoms with Crippen LogP contribution in [0, 0.1) is 17.8 Å². The fourth-order valence-corrected chi connectivity index (χ4v) is 4.99. The Bertz CT molecular complexity index is 593. The van der Waals surface area contributed by atoms with Crippen LogP contribution in [0.25, 0.3) is 0 Å². The summed E-state index contributed by atoms with van der Waals surface area (Å²) in [5.41, 5.74) is 0. The van der Waals surface area contributed by atoms with Crippen molar-refractivity contribution in [3.05, 3.63) is 12.2 Å². The molecule has 0 aromatic heterocycles. The van der Waals surface area contributed by atoms with Crippen LogP contribution in [0.5, 0.6) is 0 Å². The number of unbranched alkanes of at least 4 members (excludes halogenated alkanes) is 11. The second kappa shape index (κ2) is 20.2. The molecule has 0 aromatic rings. The molecule has 2 N–H and O–H groups in total. The average Bonchev–Trinajstić information content (AvgIpc) is 2.81. The van der Waals surface area contributed by atoms with Gasteiger partial charge in [0, 0.05) is 11.9 Å². The number of nitrogens with zero attached hydrogens (tertiary/aromatic N) is 1. The molecular formula is C29H53NO6. The Hall–Kier alpha value is -1.89. The van der Waals surface area contributed by atoms with E-state index < -0.39 is 35.7 Å². The molecule has 0 heterocycles. The molecule has 0 saturated carbocycles. The average molecular weight is 512 g/mol. The van der Waals surface area contributed by atoms with E-state index in [9.17, 15) is 29.7 Å². The molecule has 0 aliphatic carbocycles. The fraction of sp³-hybridized carbons (Fsp3) is 0.828. The monoisotopic (exact) mass is 511 g/mol. The maximum absolute atomic E-state index is 11.6. The van der Waals surface area contributed by atoms with Gasteiger partial charge in [-0.2, -0.15) is 0 Å². The lowest BCUT2D eigenvalue weighted by Crippen LogP contribution is -2.58. The number of carboxylic acids is 3. The zero-order chi connectivity index (χ0) is 27.4. The molecule has 210 valence electrons. The van der Waals surface area contributed by atoms with Crippen LogP contribution in [0.15, 0.2) is 12.2 Å². The van der Waals surface area contributed by atoms with Crippen LogP contribution >= 0.6 is 0 Å². The minimum Gasteiger partial charge on any atom is -0.550 e. The first kappa shape index (κ1) is 34.1. The minimum absolute atomic E-state index is 0.175. The number of carbonyl (C=O) groups excluding carboxylic acids is 1. The molecule has 0 radical (unpaired) electrons. The summed E-state index contributed by atoms with van der Waals surface area (Å²) in [6, 6.07) is 0. The van der Waals surface area contributed by atoms with Gasteiger partial charge >= 0.3 is 11.9 Å². The number of hydrogen-bond acceptors (Lipinski definition) is 4. The highest BCUT2D eigenvalue weighted by molar-refractivity contribution is 5.70. The van der Waals surface area contributed by atoms with Crippen molar-refractivity contribution in [1.29, 1.82) is 0 Å². The Kier molecular flexibility index (Phi) is 19.1.